The Balaban J connectivity index is 1.97. The molecule has 20 heavy (non-hydrogen) atoms. The van der Waals surface area contributed by atoms with Crippen molar-refractivity contribution in [1.29, 1.82) is 0 Å². The normalized spacial score (nSPS) is 17.9. The number of hydrogen-bond donors (Lipinski definition) is 1. The van der Waals surface area contributed by atoms with Gasteiger partial charge in [-0.15, -0.1) is 0 Å². The van der Waals surface area contributed by atoms with Gasteiger partial charge in [0.2, 0.25) is 5.91 Å². The molecule has 2 rings (SSSR count). The first kappa shape index (κ1) is 14.8. The van der Waals surface area contributed by atoms with Gasteiger partial charge >= 0.3 is 0 Å². The van der Waals surface area contributed by atoms with Crippen molar-refractivity contribution in [3.8, 4) is 5.75 Å². The van der Waals surface area contributed by atoms with E-state index in [-0.39, 0.29) is 11.9 Å². The fourth-order valence-corrected chi connectivity index (χ4v) is 2.57. The minimum Gasteiger partial charge on any atom is -0.497 e. The molecule has 1 heterocycles. The van der Waals surface area contributed by atoms with E-state index in [0.29, 0.717) is 13.1 Å². The van der Waals surface area contributed by atoms with Gasteiger partial charge in [-0.2, -0.15) is 0 Å². The van der Waals surface area contributed by atoms with Crippen LogP contribution in [0.3, 0.4) is 0 Å². The summed E-state index contributed by atoms with van der Waals surface area (Å²) in [5.41, 5.74) is 1.21. The largest absolute Gasteiger partial charge is 0.497 e. The third kappa shape index (κ3) is 3.29. The molecule has 0 saturated carbocycles. The van der Waals surface area contributed by atoms with Crippen molar-refractivity contribution >= 4 is 5.91 Å². The Hall–Kier alpha value is -1.59. The summed E-state index contributed by atoms with van der Waals surface area (Å²) in [7, 11) is 1.67. The van der Waals surface area contributed by atoms with Gasteiger partial charge in [0.05, 0.1) is 7.11 Å². The van der Waals surface area contributed by atoms with Crippen molar-refractivity contribution in [3.05, 3.63) is 29.8 Å². The highest BCUT2D eigenvalue weighted by molar-refractivity contribution is 5.77. The Morgan fingerprint density at radius 1 is 1.35 bits per heavy atom. The molecular formula is C15H22N2O3. The lowest BCUT2D eigenvalue weighted by Crippen LogP contribution is -2.50. The molecule has 1 N–H and O–H groups in total. The lowest BCUT2D eigenvalue weighted by molar-refractivity contribution is -0.136. The molecule has 1 unspecified atom stereocenters. The first-order chi connectivity index (χ1) is 9.65. The maximum absolute atomic E-state index is 11.4. The predicted octanol–water partition coefficient (Wildman–Crippen LogP) is 0.893. The van der Waals surface area contributed by atoms with Crippen LogP contribution in [0.5, 0.6) is 5.75 Å². The second kappa shape index (κ2) is 6.72. The summed E-state index contributed by atoms with van der Waals surface area (Å²) in [6.45, 7) is 4.76. The molecule has 1 aromatic rings. The second-order valence-corrected chi connectivity index (χ2v) is 5.03. The zero-order valence-electron chi connectivity index (χ0n) is 12.1. The Morgan fingerprint density at radius 3 is 2.65 bits per heavy atom. The first-order valence-corrected chi connectivity index (χ1v) is 6.92. The van der Waals surface area contributed by atoms with Crippen LogP contribution in [0.15, 0.2) is 24.3 Å². The van der Waals surface area contributed by atoms with Crippen molar-refractivity contribution in [3.63, 3.8) is 0 Å². The summed E-state index contributed by atoms with van der Waals surface area (Å²) in [5.74, 6) is 0.683. The predicted molar refractivity (Wildman–Crippen MR) is 76.6 cm³/mol. The van der Waals surface area contributed by atoms with Crippen molar-refractivity contribution in [2.75, 3.05) is 39.9 Å². The number of piperazine rings is 1. The molecule has 1 aromatic carbocycles. The molecule has 1 saturated heterocycles. The number of hydrogen-bond acceptors (Lipinski definition) is 4. The third-order valence-corrected chi connectivity index (χ3v) is 3.93. The van der Waals surface area contributed by atoms with Crippen LogP contribution < -0.4 is 4.74 Å². The zero-order valence-corrected chi connectivity index (χ0v) is 12.1. The number of benzene rings is 1. The van der Waals surface area contributed by atoms with Crippen molar-refractivity contribution in [2.45, 2.75) is 13.0 Å². The highest BCUT2D eigenvalue weighted by Crippen LogP contribution is 2.24. The van der Waals surface area contributed by atoms with E-state index < -0.39 is 6.61 Å². The molecule has 1 aliphatic heterocycles. The lowest BCUT2D eigenvalue weighted by atomic mass is 10.1. The summed E-state index contributed by atoms with van der Waals surface area (Å²) < 4.78 is 5.26. The van der Waals surface area contributed by atoms with Crippen LogP contribution in [0, 0.1) is 0 Å². The molecule has 0 bridgehead atoms. The average molecular weight is 278 g/mol. The van der Waals surface area contributed by atoms with Crippen LogP contribution in [0.1, 0.15) is 18.5 Å². The number of aliphatic hydroxyl groups is 1. The van der Waals surface area contributed by atoms with Crippen LogP contribution in [-0.2, 0) is 4.79 Å². The maximum atomic E-state index is 11.4. The Kier molecular flexibility index (Phi) is 4.98. The molecule has 1 amide bonds. The molecule has 0 radical (unpaired) electrons. The van der Waals surface area contributed by atoms with E-state index in [1.165, 1.54) is 5.56 Å². The quantitative estimate of drug-likeness (QED) is 0.889. The van der Waals surface area contributed by atoms with Gasteiger partial charge in [-0.05, 0) is 24.6 Å². The Morgan fingerprint density at radius 2 is 2.05 bits per heavy atom. The van der Waals surface area contributed by atoms with Crippen LogP contribution in [0.4, 0.5) is 0 Å². The third-order valence-electron chi connectivity index (χ3n) is 3.93. The monoisotopic (exact) mass is 278 g/mol. The fourth-order valence-electron chi connectivity index (χ4n) is 2.57. The lowest BCUT2D eigenvalue weighted by Gasteiger charge is -2.38. The molecule has 0 aliphatic carbocycles. The minimum absolute atomic E-state index is 0.182. The van der Waals surface area contributed by atoms with Crippen LogP contribution in [-0.4, -0.2) is 60.7 Å². The van der Waals surface area contributed by atoms with E-state index in [4.69, 9.17) is 9.84 Å². The van der Waals surface area contributed by atoms with Gasteiger partial charge in [0.1, 0.15) is 12.4 Å². The highest BCUT2D eigenvalue weighted by atomic mass is 16.5. The van der Waals surface area contributed by atoms with E-state index >= 15 is 0 Å². The number of amides is 1. The van der Waals surface area contributed by atoms with Gasteiger partial charge in [-0.25, -0.2) is 0 Å². The Bertz CT molecular complexity index is 456. The molecule has 1 aliphatic rings. The van der Waals surface area contributed by atoms with Gasteiger partial charge < -0.3 is 14.7 Å². The molecule has 5 heteroatoms. The van der Waals surface area contributed by atoms with E-state index in [9.17, 15) is 4.79 Å². The van der Waals surface area contributed by atoms with E-state index in [1.54, 1.807) is 12.0 Å². The van der Waals surface area contributed by atoms with Crippen LogP contribution >= 0.6 is 0 Å². The number of aliphatic hydroxyl groups excluding tert-OH is 1. The molecule has 1 fully saturated rings. The van der Waals surface area contributed by atoms with Gasteiger partial charge in [0.25, 0.3) is 0 Å². The molecule has 0 aromatic heterocycles. The average Bonchev–Trinajstić information content (AvgIpc) is 2.53. The topological polar surface area (TPSA) is 53.0 Å². The number of carbonyl (C=O) groups is 1. The number of carbonyl (C=O) groups excluding carboxylic acids is 1. The van der Waals surface area contributed by atoms with E-state index in [1.807, 2.05) is 12.1 Å². The van der Waals surface area contributed by atoms with Crippen molar-refractivity contribution in [1.82, 2.24) is 9.80 Å². The van der Waals surface area contributed by atoms with Gasteiger partial charge in [0.15, 0.2) is 0 Å². The summed E-state index contributed by atoms with van der Waals surface area (Å²) in [4.78, 5) is 15.5. The molecule has 110 valence electrons. The minimum atomic E-state index is -0.397. The maximum Gasteiger partial charge on any atom is 0.248 e. The SMILES string of the molecule is COc1cccc(C(C)N2CCN(C(=O)CO)CC2)c1. The summed E-state index contributed by atoms with van der Waals surface area (Å²) in [5, 5.41) is 8.88. The van der Waals surface area contributed by atoms with E-state index in [0.717, 1.165) is 18.8 Å². The summed E-state index contributed by atoms with van der Waals surface area (Å²) in [6.07, 6.45) is 0. The van der Waals surface area contributed by atoms with E-state index in [2.05, 4.69) is 24.0 Å². The smallest absolute Gasteiger partial charge is 0.248 e. The second-order valence-electron chi connectivity index (χ2n) is 5.03. The number of ether oxygens (including phenoxy) is 1. The van der Waals surface area contributed by atoms with Gasteiger partial charge in [0, 0.05) is 32.2 Å². The van der Waals surface area contributed by atoms with Gasteiger partial charge in [-0.1, -0.05) is 12.1 Å². The molecule has 0 spiro atoms. The zero-order chi connectivity index (χ0) is 14.5. The summed E-state index contributed by atoms with van der Waals surface area (Å²) in [6, 6.07) is 8.37. The Labute approximate surface area is 119 Å². The van der Waals surface area contributed by atoms with Crippen molar-refractivity contribution in [2.24, 2.45) is 0 Å². The van der Waals surface area contributed by atoms with Crippen molar-refractivity contribution < 1.29 is 14.6 Å². The standard InChI is InChI=1S/C15H22N2O3/c1-12(13-4-3-5-14(10-13)20-2)16-6-8-17(9-7-16)15(19)11-18/h3-5,10,12,18H,6-9,11H2,1-2H3. The molecule has 5 nitrogen and oxygen atoms in total. The summed E-state index contributed by atoms with van der Waals surface area (Å²) >= 11 is 0. The number of nitrogens with zero attached hydrogens (tertiary/aromatic N) is 2. The van der Waals surface area contributed by atoms with Crippen LogP contribution in [0.2, 0.25) is 0 Å². The van der Waals surface area contributed by atoms with Gasteiger partial charge in [-0.3, -0.25) is 9.69 Å². The van der Waals surface area contributed by atoms with Crippen LogP contribution in [0.25, 0.3) is 0 Å². The fraction of sp³-hybridized carbons (Fsp3) is 0.533. The number of methoxy groups -OCH3 is 1. The molecule has 1 atom stereocenters. The molecular weight excluding hydrogens is 256 g/mol. The first-order valence-electron chi connectivity index (χ1n) is 6.92. The number of rotatable bonds is 4. The highest BCUT2D eigenvalue weighted by Gasteiger charge is 2.24.